The van der Waals surface area contributed by atoms with Crippen molar-refractivity contribution < 1.29 is 10.2 Å². The lowest BCUT2D eigenvalue weighted by Gasteiger charge is -2.57. The topological polar surface area (TPSA) is 43.3 Å². The van der Waals surface area contributed by atoms with E-state index in [1.54, 1.807) is 6.92 Å². The van der Waals surface area contributed by atoms with Crippen LogP contribution in [-0.4, -0.2) is 11.2 Å². The molecule has 0 aromatic heterocycles. The number of aliphatic hydroxyl groups is 1. The number of hydrogen-bond donors (Lipinski definition) is 1. The maximum absolute atomic E-state index is 12.1. The Morgan fingerprint density at radius 1 is 1.13 bits per heavy atom. The second-order valence-electron chi connectivity index (χ2n) is 9.19. The molecule has 0 radical (unpaired) electrons. The molecule has 3 saturated carbocycles. The van der Waals surface area contributed by atoms with Crippen LogP contribution in [0.5, 0.6) is 0 Å². The molecular formula is C21H31O2-. The van der Waals surface area contributed by atoms with Crippen molar-refractivity contribution in [3.8, 4) is 0 Å². The monoisotopic (exact) mass is 315 g/mol. The predicted molar refractivity (Wildman–Crippen MR) is 90.4 cm³/mol. The lowest BCUT2D eigenvalue weighted by Crippen LogP contribution is -2.49. The van der Waals surface area contributed by atoms with E-state index in [1.165, 1.54) is 36.8 Å². The predicted octanol–water partition coefficient (Wildman–Crippen LogP) is 3.94. The first kappa shape index (κ1) is 15.7. The molecule has 4 aliphatic rings. The second kappa shape index (κ2) is 5.12. The fourth-order valence-corrected chi connectivity index (χ4v) is 7.03. The fraction of sp³-hybridized carbons (Fsp3) is 0.810. The van der Waals surface area contributed by atoms with Crippen molar-refractivity contribution in [3.63, 3.8) is 0 Å². The van der Waals surface area contributed by atoms with Crippen molar-refractivity contribution >= 4 is 0 Å². The van der Waals surface area contributed by atoms with E-state index >= 15 is 0 Å². The summed E-state index contributed by atoms with van der Waals surface area (Å²) in [6.45, 7) is 6.62. The van der Waals surface area contributed by atoms with E-state index in [0.717, 1.165) is 37.5 Å². The Bertz CT molecular complexity index is 570. The van der Waals surface area contributed by atoms with Gasteiger partial charge in [-0.05, 0) is 80.0 Å². The number of aliphatic hydroxyl groups excluding tert-OH is 1. The molecule has 2 nitrogen and oxygen atoms in total. The van der Waals surface area contributed by atoms with Crippen LogP contribution in [0.1, 0.15) is 72.1 Å². The molecule has 0 heterocycles. The van der Waals surface area contributed by atoms with Gasteiger partial charge in [-0.15, -0.1) is 5.76 Å². The lowest BCUT2D eigenvalue weighted by atomic mass is 9.48. The Kier molecular flexibility index (Phi) is 3.50. The third kappa shape index (κ3) is 2.10. The summed E-state index contributed by atoms with van der Waals surface area (Å²) < 4.78 is 0. The Labute approximate surface area is 140 Å². The molecular weight excluding hydrogens is 284 g/mol. The standard InChI is InChI=1S/C21H32O2/c1-13(22)17-6-7-18-16-5-4-14-12-15(23)8-10-20(14,2)19(16)9-11-21(17,18)3/h4,15-16,18-19,22-23H,5-12H2,1-3H3/p-1/b17-13+/t15-,16?,18?,19?,20-,21+/m0/s1. The molecule has 0 aliphatic heterocycles. The summed E-state index contributed by atoms with van der Waals surface area (Å²) in [6, 6.07) is 0. The summed E-state index contributed by atoms with van der Waals surface area (Å²) in [7, 11) is 0. The maximum atomic E-state index is 12.1. The minimum atomic E-state index is -0.121. The van der Waals surface area contributed by atoms with E-state index in [1.807, 2.05) is 0 Å². The van der Waals surface area contributed by atoms with Crippen LogP contribution >= 0.6 is 0 Å². The Morgan fingerprint density at radius 2 is 1.83 bits per heavy atom. The van der Waals surface area contributed by atoms with Gasteiger partial charge in [-0.1, -0.05) is 38.0 Å². The summed E-state index contributed by atoms with van der Waals surface area (Å²) in [4.78, 5) is 0. The SMILES string of the molecule is C/C([O-])=C1/CCC2C3CC=C4C[C@@H](O)CC[C@]4(C)C3CC[C@]12C. The Balaban J connectivity index is 1.69. The van der Waals surface area contributed by atoms with Crippen molar-refractivity contribution in [1.29, 1.82) is 0 Å². The highest BCUT2D eigenvalue weighted by Gasteiger charge is 2.56. The van der Waals surface area contributed by atoms with E-state index in [9.17, 15) is 10.2 Å². The number of hydrogen-bond acceptors (Lipinski definition) is 2. The van der Waals surface area contributed by atoms with Gasteiger partial charge in [0.25, 0.3) is 0 Å². The molecule has 6 atom stereocenters. The van der Waals surface area contributed by atoms with Gasteiger partial charge in [0.05, 0.1) is 6.10 Å². The first-order chi connectivity index (χ1) is 10.9. The van der Waals surface area contributed by atoms with Crippen LogP contribution < -0.4 is 5.11 Å². The molecule has 4 rings (SSSR count). The summed E-state index contributed by atoms with van der Waals surface area (Å²) in [5.74, 6) is 2.54. The first-order valence-electron chi connectivity index (χ1n) is 9.61. The van der Waals surface area contributed by atoms with Gasteiger partial charge in [0.1, 0.15) is 0 Å². The molecule has 0 aromatic rings. The largest absolute Gasteiger partial charge is 0.876 e. The van der Waals surface area contributed by atoms with Crippen LogP contribution in [-0.2, 0) is 0 Å². The highest BCUT2D eigenvalue weighted by atomic mass is 16.3. The third-order valence-electron chi connectivity index (χ3n) is 8.29. The molecule has 2 heteroatoms. The van der Waals surface area contributed by atoms with E-state index in [2.05, 4.69) is 19.9 Å². The molecule has 23 heavy (non-hydrogen) atoms. The molecule has 3 fully saturated rings. The summed E-state index contributed by atoms with van der Waals surface area (Å²) >= 11 is 0. The van der Waals surface area contributed by atoms with Crippen LogP contribution in [0.25, 0.3) is 0 Å². The quantitative estimate of drug-likeness (QED) is 0.543. The molecule has 128 valence electrons. The average molecular weight is 315 g/mol. The molecule has 0 spiro atoms. The Morgan fingerprint density at radius 3 is 2.57 bits per heavy atom. The zero-order valence-corrected chi connectivity index (χ0v) is 14.9. The van der Waals surface area contributed by atoms with Gasteiger partial charge in [-0.3, -0.25) is 0 Å². The third-order valence-corrected chi connectivity index (χ3v) is 8.29. The number of fused-ring (bicyclic) bond motifs is 5. The molecule has 4 aliphatic carbocycles. The Hall–Kier alpha value is -0.760. The van der Waals surface area contributed by atoms with E-state index in [0.29, 0.717) is 17.1 Å². The molecule has 1 N–H and O–H groups in total. The van der Waals surface area contributed by atoms with Gasteiger partial charge >= 0.3 is 0 Å². The summed E-state index contributed by atoms with van der Waals surface area (Å²) in [5, 5.41) is 22.2. The van der Waals surface area contributed by atoms with Crippen LogP contribution in [0.15, 0.2) is 23.0 Å². The maximum Gasteiger partial charge on any atom is 0.0577 e. The molecule has 0 amide bonds. The minimum Gasteiger partial charge on any atom is -0.876 e. The summed E-state index contributed by atoms with van der Waals surface area (Å²) in [5.41, 5.74) is 3.25. The van der Waals surface area contributed by atoms with Crippen LogP contribution in [0.3, 0.4) is 0 Å². The van der Waals surface area contributed by atoms with Gasteiger partial charge in [0.2, 0.25) is 0 Å². The normalized spacial score (nSPS) is 51.4. The van der Waals surface area contributed by atoms with Crippen LogP contribution in [0, 0.1) is 28.6 Å². The van der Waals surface area contributed by atoms with Crippen molar-refractivity contribution in [1.82, 2.24) is 0 Å². The van der Waals surface area contributed by atoms with E-state index < -0.39 is 0 Å². The molecule has 3 unspecified atom stereocenters. The van der Waals surface area contributed by atoms with E-state index in [-0.39, 0.29) is 11.5 Å². The number of rotatable bonds is 0. The van der Waals surface area contributed by atoms with Crippen molar-refractivity contribution in [2.75, 3.05) is 0 Å². The molecule has 0 saturated heterocycles. The van der Waals surface area contributed by atoms with Gasteiger partial charge < -0.3 is 10.2 Å². The minimum absolute atomic E-state index is 0.121. The fourth-order valence-electron chi connectivity index (χ4n) is 7.03. The van der Waals surface area contributed by atoms with Crippen LogP contribution in [0.4, 0.5) is 0 Å². The molecule has 0 bridgehead atoms. The van der Waals surface area contributed by atoms with Gasteiger partial charge in [0.15, 0.2) is 0 Å². The lowest BCUT2D eigenvalue weighted by molar-refractivity contribution is -0.304. The van der Waals surface area contributed by atoms with Crippen molar-refractivity contribution in [2.45, 2.75) is 78.2 Å². The smallest absolute Gasteiger partial charge is 0.0577 e. The summed E-state index contributed by atoms with van der Waals surface area (Å²) in [6.07, 6.45) is 11.2. The van der Waals surface area contributed by atoms with E-state index in [4.69, 9.17) is 0 Å². The van der Waals surface area contributed by atoms with Gasteiger partial charge in [-0.25, -0.2) is 0 Å². The van der Waals surface area contributed by atoms with Crippen molar-refractivity contribution in [2.24, 2.45) is 28.6 Å². The van der Waals surface area contributed by atoms with Crippen LogP contribution in [0.2, 0.25) is 0 Å². The highest BCUT2D eigenvalue weighted by molar-refractivity contribution is 5.29. The van der Waals surface area contributed by atoms with Gasteiger partial charge in [0, 0.05) is 0 Å². The zero-order chi connectivity index (χ0) is 16.4. The van der Waals surface area contributed by atoms with Gasteiger partial charge in [-0.2, -0.15) is 0 Å². The van der Waals surface area contributed by atoms with Crippen molar-refractivity contribution in [3.05, 3.63) is 23.0 Å². The average Bonchev–Trinajstić information content (AvgIpc) is 2.85. The number of allylic oxidation sites excluding steroid dienone is 3. The zero-order valence-electron chi connectivity index (χ0n) is 14.9. The highest BCUT2D eigenvalue weighted by Crippen LogP contribution is 2.66. The molecule has 0 aromatic carbocycles. The first-order valence-corrected chi connectivity index (χ1v) is 9.61. The second-order valence-corrected chi connectivity index (χ2v) is 9.19.